The van der Waals surface area contributed by atoms with Crippen LogP contribution < -0.4 is 0 Å². The summed E-state index contributed by atoms with van der Waals surface area (Å²) < 4.78 is 0. The van der Waals surface area contributed by atoms with Gasteiger partial charge in [0, 0.05) is 0 Å². The van der Waals surface area contributed by atoms with Crippen molar-refractivity contribution in [3.63, 3.8) is 0 Å². The zero-order valence-electron chi connectivity index (χ0n) is 14.2. The molecule has 0 fully saturated rings. The number of hydrogen-bond donors (Lipinski definition) is 0. The molecular weight excluding hydrogens is 252 g/mol. The number of allylic oxidation sites excluding steroid dienone is 4. The van der Waals surface area contributed by atoms with E-state index in [0.29, 0.717) is 0 Å². The van der Waals surface area contributed by atoms with E-state index in [1.54, 1.807) is 11.1 Å². The van der Waals surface area contributed by atoms with E-state index in [1.165, 1.54) is 43.2 Å². The van der Waals surface area contributed by atoms with E-state index in [-0.39, 0.29) is 0 Å². The summed E-state index contributed by atoms with van der Waals surface area (Å²) in [6, 6.07) is 6.89. The van der Waals surface area contributed by atoms with Crippen molar-refractivity contribution in [2.24, 2.45) is 11.8 Å². The highest BCUT2D eigenvalue weighted by atomic mass is 14.3. The molecule has 0 spiro atoms. The van der Waals surface area contributed by atoms with Crippen molar-refractivity contribution in [1.29, 1.82) is 0 Å². The molecule has 0 N–H and O–H groups in total. The lowest BCUT2D eigenvalue weighted by Crippen LogP contribution is -2.17. The first-order valence-electron chi connectivity index (χ1n) is 8.56. The van der Waals surface area contributed by atoms with Gasteiger partial charge in [-0.25, -0.2) is 0 Å². The molecule has 0 heteroatoms. The Hall–Kier alpha value is -1.30. The molecule has 2 atom stereocenters. The fourth-order valence-corrected chi connectivity index (χ4v) is 3.52. The Morgan fingerprint density at radius 2 is 2.19 bits per heavy atom. The molecule has 0 saturated heterocycles. The van der Waals surface area contributed by atoms with Crippen LogP contribution in [0.15, 0.2) is 36.4 Å². The van der Waals surface area contributed by atoms with E-state index in [9.17, 15) is 0 Å². The molecule has 1 aromatic rings. The van der Waals surface area contributed by atoms with Crippen LogP contribution in [0.25, 0.3) is 5.57 Å². The van der Waals surface area contributed by atoms with Crippen LogP contribution in [0, 0.1) is 11.8 Å². The Kier molecular flexibility index (Phi) is 5.85. The zero-order valence-corrected chi connectivity index (χ0v) is 14.2. The number of fused-ring (bicyclic) bond motifs is 1. The van der Waals surface area contributed by atoms with Crippen molar-refractivity contribution in [2.75, 3.05) is 0 Å². The molecule has 114 valence electrons. The minimum atomic E-state index is 0.871. The molecule has 1 aromatic carbocycles. The smallest absolute Gasteiger partial charge is 0.0192 e. The number of benzene rings is 1. The van der Waals surface area contributed by atoms with Crippen molar-refractivity contribution in [1.82, 2.24) is 0 Å². The van der Waals surface area contributed by atoms with E-state index < -0.39 is 0 Å². The maximum Gasteiger partial charge on any atom is -0.0192 e. The molecule has 0 heterocycles. The summed E-state index contributed by atoms with van der Waals surface area (Å²) in [5.41, 5.74) is 6.06. The van der Waals surface area contributed by atoms with Gasteiger partial charge in [-0.1, -0.05) is 56.7 Å². The highest BCUT2D eigenvalue weighted by Gasteiger charge is 2.22. The lowest BCUT2D eigenvalue weighted by Gasteiger charge is -2.28. The molecule has 2 unspecified atom stereocenters. The lowest BCUT2D eigenvalue weighted by molar-refractivity contribution is 0.349. The summed E-state index contributed by atoms with van der Waals surface area (Å²) in [5.74, 6) is 1.76. The van der Waals surface area contributed by atoms with Crippen molar-refractivity contribution < 1.29 is 0 Å². The third-order valence-corrected chi connectivity index (χ3v) is 4.98. The second kappa shape index (κ2) is 7.64. The third kappa shape index (κ3) is 4.09. The monoisotopic (exact) mass is 282 g/mol. The first-order chi connectivity index (χ1) is 10.2. The maximum absolute atomic E-state index is 2.40. The normalized spacial score (nSPS) is 20.6. The van der Waals surface area contributed by atoms with Gasteiger partial charge in [-0.2, -0.15) is 0 Å². The summed E-state index contributed by atoms with van der Waals surface area (Å²) >= 11 is 0. The van der Waals surface area contributed by atoms with Crippen LogP contribution >= 0.6 is 0 Å². The largest absolute Gasteiger partial charge is 0.0877 e. The lowest BCUT2D eigenvalue weighted by atomic mass is 9.77. The maximum atomic E-state index is 2.40. The van der Waals surface area contributed by atoms with Crippen molar-refractivity contribution in [3.8, 4) is 0 Å². The first-order valence-corrected chi connectivity index (χ1v) is 8.56. The van der Waals surface area contributed by atoms with Crippen LogP contribution in [-0.4, -0.2) is 0 Å². The summed E-state index contributed by atoms with van der Waals surface area (Å²) in [7, 11) is 0. The fraction of sp³-hybridized carbons (Fsp3) is 0.524. The molecule has 0 aromatic heterocycles. The summed E-state index contributed by atoms with van der Waals surface area (Å²) in [6.07, 6.45) is 13.1. The van der Waals surface area contributed by atoms with Gasteiger partial charge in [-0.3, -0.25) is 0 Å². The fourth-order valence-electron chi connectivity index (χ4n) is 3.52. The summed E-state index contributed by atoms with van der Waals surface area (Å²) in [6.45, 7) is 9.02. The minimum Gasteiger partial charge on any atom is -0.0877 e. The molecule has 0 nitrogen and oxygen atoms in total. The highest BCUT2D eigenvalue weighted by molar-refractivity contribution is 5.69. The Morgan fingerprint density at radius 3 is 2.90 bits per heavy atom. The first kappa shape index (κ1) is 16.1. The molecule has 0 bridgehead atoms. The molecule has 21 heavy (non-hydrogen) atoms. The van der Waals surface area contributed by atoms with Gasteiger partial charge in [0.15, 0.2) is 0 Å². The van der Waals surface area contributed by atoms with Crippen LogP contribution in [-0.2, 0) is 12.8 Å². The van der Waals surface area contributed by atoms with Crippen LogP contribution in [0.2, 0.25) is 0 Å². The molecular formula is C21H30. The topological polar surface area (TPSA) is 0 Å². The number of rotatable bonds is 5. The van der Waals surface area contributed by atoms with E-state index in [1.807, 2.05) is 0 Å². The van der Waals surface area contributed by atoms with Gasteiger partial charge in [0.1, 0.15) is 0 Å². The molecule has 1 aliphatic rings. The molecule has 2 rings (SSSR count). The number of hydrogen-bond acceptors (Lipinski definition) is 0. The van der Waals surface area contributed by atoms with E-state index >= 15 is 0 Å². The second-order valence-electron chi connectivity index (χ2n) is 6.68. The molecule has 1 aliphatic carbocycles. The van der Waals surface area contributed by atoms with Gasteiger partial charge >= 0.3 is 0 Å². The SMILES string of the molecule is CC=CC=C(C)c1cccc2c1CCC(CC(C)CC)C2. The third-order valence-electron chi connectivity index (χ3n) is 4.98. The summed E-state index contributed by atoms with van der Waals surface area (Å²) in [4.78, 5) is 0. The van der Waals surface area contributed by atoms with Gasteiger partial charge in [0.05, 0.1) is 0 Å². The van der Waals surface area contributed by atoms with Crippen molar-refractivity contribution >= 4 is 5.57 Å². The van der Waals surface area contributed by atoms with Gasteiger partial charge < -0.3 is 0 Å². The van der Waals surface area contributed by atoms with E-state index in [0.717, 1.165) is 11.8 Å². The quantitative estimate of drug-likeness (QED) is 0.563. The highest BCUT2D eigenvalue weighted by Crippen LogP contribution is 2.34. The van der Waals surface area contributed by atoms with Gasteiger partial charge in [-0.05, 0) is 73.6 Å². The second-order valence-corrected chi connectivity index (χ2v) is 6.68. The van der Waals surface area contributed by atoms with E-state index in [2.05, 4.69) is 64.1 Å². The Balaban J connectivity index is 2.19. The summed E-state index contributed by atoms with van der Waals surface area (Å²) in [5, 5.41) is 0. The molecule has 0 radical (unpaired) electrons. The van der Waals surface area contributed by atoms with Crippen molar-refractivity contribution in [3.05, 3.63) is 53.1 Å². The molecule has 0 saturated carbocycles. The standard InChI is InChI=1S/C21H30/c1-5-7-9-17(4)20-11-8-10-19-15-18(12-13-21(19)20)14-16(3)6-2/h5,7-11,16,18H,6,12-15H2,1-4H3. The average molecular weight is 282 g/mol. The molecule has 0 amide bonds. The van der Waals surface area contributed by atoms with Crippen molar-refractivity contribution in [2.45, 2.75) is 59.8 Å². The van der Waals surface area contributed by atoms with Crippen LogP contribution in [0.5, 0.6) is 0 Å². The zero-order chi connectivity index (χ0) is 15.2. The Bertz CT molecular complexity index is 519. The average Bonchev–Trinajstić information content (AvgIpc) is 2.51. The van der Waals surface area contributed by atoms with Gasteiger partial charge in [-0.15, -0.1) is 0 Å². The predicted molar refractivity (Wildman–Crippen MR) is 94.5 cm³/mol. The minimum absolute atomic E-state index is 0.871. The van der Waals surface area contributed by atoms with Gasteiger partial charge in [0.25, 0.3) is 0 Å². The Labute approximate surface area is 131 Å². The van der Waals surface area contributed by atoms with E-state index in [4.69, 9.17) is 0 Å². The molecule has 0 aliphatic heterocycles. The van der Waals surface area contributed by atoms with Gasteiger partial charge in [0.2, 0.25) is 0 Å². The van der Waals surface area contributed by atoms with Crippen LogP contribution in [0.3, 0.4) is 0 Å². The Morgan fingerprint density at radius 1 is 1.38 bits per heavy atom. The predicted octanol–water partition coefficient (Wildman–Crippen LogP) is 6.21. The van der Waals surface area contributed by atoms with Crippen LogP contribution in [0.4, 0.5) is 0 Å². The van der Waals surface area contributed by atoms with Crippen LogP contribution in [0.1, 0.15) is 63.6 Å².